The third kappa shape index (κ3) is 4.64. The number of phenolic OH excluding ortho intramolecular Hbond substituents is 1. The van der Waals surface area contributed by atoms with E-state index in [0.717, 1.165) is 11.1 Å². The van der Waals surface area contributed by atoms with Crippen LogP contribution >= 0.6 is 11.8 Å². The number of phenols is 1. The van der Waals surface area contributed by atoms with Crippen molar-refractivity contribution in [3.8, 4) is 5.75 Å². The number of hydrogen-bond donors (Lipinski definition) is 3. The summed E-state index contributed by atoms with van der Waals surface area (Å²) >= 11 is 1.22. The van der Waals surface area contributed by atoms with E-state index in [-0.39, 0.29) is 17.4 Å². The van der Waals surface area contributed by atoms with Crippen LogP contribution in [-0.2, 0) is 11.3 Å². The Morgan fingerprint density at radius 1 is 1.38 bits per heavy atom. The number of rotatable bonds is 5. The summed E-state index contributed by atoms with van der Waals surface area (Å²) in [5.41, 5.74) is 1.30. The molecule has 21 heavy (non-hydrogen) atoms. The Labute approximate surface area is 125 Å². The van der Waals surface area contributed by atoms with Gasteiger partial charge in [-0.15, -0.1) is 0 Å². The molecule has 110 valence electrons. The summed E-state index contributed by atoms with van der Waals surface area (Å²) in [6, 6.07) is 6.62. The highest BCUT2D eigenvalue weighted by Crippen LogP contribution is 2.16. The average molecular weight is 305 g/mol. The van der Waals surface area contributed by atoms with Crippen molar-refractivity contribution in [2.24, 2.45) is 0 Å². The third-order valence-electron chi connectivity index (χ3n) is 2.72. The van der Waals surface area contributed by atoms with Gasteiger partial charge >= 0.3 is 5.69 Å². The second-order valence-electron chi connectivity index (χ2n) is 4.43. The van der Waals surface area contributed by atoms with Crippen LogP contribution in [0, 0.1) is 6.92 Å². The lowest BCUT2D eigenvalue weighted by Gasteiger charge is -2.06. The molecule has 0 atom stereocenters. The molecule has 0 aliphatic heterocycles. The monoisotopic (exact) mass is 305 g/mol. The lowest BCUT2D eigenvalue weighted by atomic mass is 10.2. The number of nitrogens with zero attached hydrogens (tertiary/aromatic N) is 1. The number of hydrogen-bond acceptors (Lipinski definition) is 5. The van der Waals surface area contributed by atoms with Gasteiger partial charge < -0.3 is 15.4 Å². The Morgan fingerprint density at radius 3 is 2.81 bits per heavy atom. The zero-order valence-corrected chi connectivity index (χ0v) is 12.2. The summed E-state index contributed by atoms with van der Waals surface area (Å²) in [4.78, 5) is 29.2. The van der Waals surface area contributed by atoms with E-state index in [2.05, 4.69) is 15.3 Å². The fraction of sp³-hybridized carbons (Fsp3) is 0.214. The summed E-state index contributed by atoms with van der Waals surface area (Å²) in [5, 5.41) is 12.5. The van der Waals surface area contributed by atoms with Crippen molar-refractivity contribution in [2.45, 2.75) is 18.5 Å². The largest absolute Gasteiger partial charge is 0.508 e. The van der Waals surface area contributed by atoms with Crippen LogP contribution in [0.3, 0.4) is 0 Å². The second-order valence-corrected chi connectivity index (χ2v) is 5.39. The molecule has 1 aromatic carbocycles. The fourth-order valence-corrected chi connectivity index (χ4v) is 2.39. The van der Waals surface area contributed by atoms with Crippen LogP contribution in [0.4, 0.5) is 0 Å². The zero-order chi connectivity index (χ0) is 15.2. The van der Waals surface area contributed by atoms with Gasteiger partial charge in [0.15, 0.2) is 0 Å². The number of benzene rings is 1. The number of carbonyl (C=O) groups excluding carboxylic acids is 1. The molecule has 0 unspecified atom stereocenters. The predicted octanol–water partition coefficient (Wildman–Crippen LogP) is 1.19. The van der Waals surface area contributed by atoms with E-state index in [1.54, 1.807) is 30.5 Å². The molecule has 2 aromatic rings. The van der Waals surface area contributed by atoms with Gasteiger partial charge in [0.1, 0.15) is 10.8 Å². The molecule has 7 heteroatoms. The molecule has 6 nitrogen and oxygen atoms in total. The van der Waals surface area contributed by atoms with Crippen molar-refractivity contribution in [3.63, 3.8) is 0 Å². The van der Waals surface area contributed by atoms with Gasteiger partial charge in [0, 0.05) is 12.7 Å². The maximum atomic E-state index is 11.8. The van der Waals surface area contributed by atoms with Crippen LogP contribution in [0.15, 0.2) is 40.3 Å². The van der Waals surface area contributed by atoms with Gasteiger partial charge in [0.05, 0.1) is 5.75 Å². The SMILES string of the molecule is Cc1c[nH]c(=O)nc1SCC(=O)NCc1ccc(O)cc1. The summed E-state index contributed by atoms with van der Waals surface area (Å²) in [7, 11) is 0. The van der Waals surface area contributed by atoms with Gasteiger partial charge in [0.2, 0.25) is 5.91 Å². The summed E-state index contributed by atoms with van der Waals surface area (Å²) < 4.78 is 0. The van der Waals surface area contributed by atoms with Gasteiger partial charge in [-0.3, -0.25) is 4.79 Å². The minimum absolute atomic E-state index is 0.144. The number of thioether (sulfide) groups is 1. The molecular weight excluding hydrogens is 290 g/mol. The van der Waals surface area contributed by atoms with Gasteiger partial charge in [0.25, 0.3) is 0 Å². The Kier molecular flexibility index (Phi) is 4.99. The molecule has 0 radical (unpaired) electrons. The van der Waals surface area contributed by atoms with E-state index in [1.807, 2.05) is 6.92 Å². The van der Waals surface area contributed by atoms with E-state index < -0.39 is 5.69 Å². The van der Waals surface area contributed by atoms with Crippen LogP contribution in [-0.4, -0.2) is 26.7 Å². The van der Waals surface area contributed by atoms with E-state index in [0.29, 0.717) is 11.6 Å². The number of nitrogens with one attached hydrogen (secondary N) is 2. The van der Waals surface area contributed by atoms with E-state index in [1.165, 1.54) is 11.8 Å². The molecule has 1 aromatic heterocycles. The van der Waals surface area contributed by atoms with Crippen molar-refractivity contribution in [1.29, 1.82) is 0 Å². The van der Waals surface area contributed by atoms with Crippen LogP contribution in [0.2, 0.25) is 0 Å². The van der Waals surface area contributed by atoms with Crippen LogP contribution in [0.25, 0.3) is 0 Å². The molecule has 0 aliphatic rings. The Morgan fingerprint density at radius 2 is 2.10 bits per heavy atom. The first kappa shape index (κ1) is 15.1. The van der Waals surface area contributed by atoms with Crippen molar-refractivity contribution >= 4 is 17.7 Å². The molecule has 0 saturated carbocycles. The number of aryl methyl sites for hydroxylation is 1. The van der Waals surface area contributed by atoms with E-state index >= 15 is 0 Å². The molecule has 1 heterocycles. The predicted molar refractivity (Wildman–Crippen MR) is 80.3 cm³/mol. The lowest BCUT2D eigenvalue weighted by molar-refractivity contribution is -0.118. The molecule has 1 amide bonds. The highest BCUT2D eigenvalue weighted by atomic mass is 32.2. The second kappa shape index (κ2) is 6.94. The summed E-state index contributed by atoms with van der Waals surface area (Å²) in [6.45, 7) is 2.21. The Hall–Kier alpha value is -2.28. The topological polar surface area (TPSA) is 95.1 Å². The molecule has 2 rings (SSSR count). The molecular formula is C14H15N3O3S. The van der Waals surface area contributed by atoms with Crippen molar-refractivity contribution in [1.82, 2.24) is 15.3 Å². The molecule has 0 saturated heterocycles. The fourth-order valence-electron chi connectivity index (χ4n) is 1.59. The molecule has 0 aliphatic carbocycles. The summed E-state index contributed by atoms with van der Waals surface area (Å²) in [6.07, 6.45) is 1.58. The molecule has 0 spiro atoms. The number of aromatic nitrogens is 2. The first-order valence-corrected chi connectivity index (χ1v) is 7.27. The van der Waals surface area contributed by atoms with Crippen molar-refractivity contribution < 1.29 is 9.90 Å². The quantitative estimate of drug-likeness (QED) is 0.570. The zero-order valence-electron chi connectivity index (χ0n) is 11.4. The van der Waals surface area contributed by atoms with E-state index in [9.17, 15) is 9.59 Å². The van der Waals surface area contributed by atoms with Crippen molar-refractivity contribution in [3.05, 3.63) is 52.1 Å². The van der Waals surface area contributed by atoms with Crippen molar-refractivity contribution in [2.75, 3.05) is 5.75 Å². The first-order valence-electron chi connectivity index (χ1n) is 6.28. The lowest BCUT2D eigenvalue weighted by Crippen LogP contribution is -2.24. The normalized spacial score (nSPS) is 10.3. The highest BCUT2D eigenvalue weighted by molar-refractivity contribution is 7.99. The third-order valence-corrected chi connectivity index (χ3v) is 3.81. The van der Waals surface area contributed by atoms with Gasteiger partial charge in [-0.25, -0.2) is 4.79 Å². The molecule has 3 N–H and O–H groups in total. The maximum absolute atomic E-state index is 11.8. The smallest absolute Gasteiger partial charge is 0.345 e. The number of aromatic hydroxyl groups is 1. The van der Waals surface area contributed by atoms with E-state index in [4.69, 9.17) is 5.11 Å². The standard InChI is InChI=1S/C14H15N3O3S/c1-9-6-16-14(20)17-13(9)21-8-12(19)15-7-10-2-4-11(18)5-3-10/h2-6,18H,7-8H2,1H3,(H,15,19)(H,16,17,20). The Balaban J connectivity index is 1.83. The molecule has 0 bridgehead atoms. The highest BCUT2D eigenvalue weighted by Gasteiger charge is 2.07. The Bertz CT molecular complexity index is 683. The maximum Gasteiger partial charge on any atom is 0.345 e. The van der Waals surface area contributed by atoms with Gasteiger partial charge in [-0.1, -0.05) is 23.9 Å². The van der Waals surface area contributed by atoms with Crippen LogP contribution in [0.5, 0.6) is 5.75 Å². The number of amides is 1. The summed E-state index contributed by atoms with van der Waals surface area (Å²) in [5.74, 6) is 0.237. The minimum Gasteiger partial charge on any atom is -0.508 e. The first-order chi connectivity index (χ1) is 10.0. The molecule has 0 fully saturated rings. The average Bonchev–Trinajstić information content (AvgIpc) is 2.47. The minimum atomic E-state index is -0.424. The van der Waals surface area contributed by atoms with Gasteiger partial charge in [-0.2, -0.15) is 4.98 Å². The number of carbonyl (C=O) groups is 1. The number of H-pyrrole nitrogens is 1. The van der Waals surface area contributed by atoms with Crippen LogP contribution < -0.4 is 11.0 Å². The van der Waals surface area contributed by atoms with Crippen LogP contribution in [0.1, 0.15) is 11.1 Å². The van der Waals surface area contributed by atoms with Gasteiger partial charge in [-0.05, 0) is 30.2 Å². The number of aromatic amines is 1.